The largest absolute Gasteiger partial charge is 0.370 e. The highest BCUT2D eigenvalue weighted by Gasteiger charge is 2.40. The van der Waals surface area contributed by atoms with Gasteiger partial charge in [-0.25, -0.2) is 8.78 Å². The molecule has 0 saturated carbocycles. The number of rotatable bonds is 2. The molecule has 5 heteroatoms. The third-order valence-corrected chi connectivity index (χ3v) is 3.25. The summed E-state index contributed by atoms with van der Waals surface area (Å²) in [6.45, 7) is 4.66. The van der Waals surface area contributed by atoms with Gasteiger partial charge in [0, 0.05) is 12.1 Å². The molecule has 3 nitrogen and oxygen atoms in total. The first-order chi connectivity index (χ1) is 7.99. The van der Waals surface area contributed by atoms with Crippen LogP contribution < -0.4 is 5.73 Å². The van der Waals surface area contributed by atoms with E-state index in [-0.39, 0.29) is 0 Å². The van der Waals surface area contributed by atoms with Crippen LogP contribution in [0.3, 0.4) is 0 Å². The normalized spacial score (nSPS) is 24.0. The summed E-state index contributed by atoms with van der Waals surface area (Å²) in [5.41, 5.74) is 5.34. The summed E-state index contributed by atoms with van der Waals surface area (Å²) >= 11 is 0. The number of benzene rings is 1. The topological polar surface area (TPSA) is 41.6 Å². The van der Waals surface area contributed by atoms with E-state index in [1.807, 2.05) is 13.8 Å². The summed E-state index contributed by atoms with van der Waals surface area (Å²) in [4.78, 5) is 5.90. The van der Waals surface area contributed by atoms with E-state index in [1.54, 1.807) is 4.90 Å². The number of nitrogens with zero attached hydrogens (tertiary/aromatic N) is 2. The lowest BCUT2D eigenvalue weighted by Gasteiger charge is -2.36. The average molecular weight is 239 g/mol. The molecule has 1 heterocycles. The lowest BCUT2D eigenvalue weighted by molar-refractivity contribution is 0.227. The van der Waals surface area contributed by atoms with Gasteiger partial charge in [-0.1, -0.05) is 0 Å². The first kappa shape index (κ1) is 11.8. The SMILES string of the molecule is CCN1C(N)=NCC1(C)c1cc(F)ccc1F. The Balaban J connectivity index is 2.49. The van der Waals surface area contributed by atoms with Crippen LogP contribution >= 0.6 is 0 Å². The van der Waals surface area contributed by atoms with E-state index >= 15 is 0 Å². The van der Waals surface area contributed by atoms with E-state index in [0.717, 1.165) is 12.1 Å². The number of hydrogen-bond acceptors (Lipinski definition) is 3. The molecule has 1 aliphatic heterocycles. The first-order valence-electron chi connectivity index (χ1n) is 5.52. The lowest BCUT2D eigenvalue weighted by Crippen LogP contribution is -2.47. The molecule has 0 aliphatic carbocycles. The molecule has 1 aromatic rings. The zero-order valence-electron chi connectivity index (χ0n) is 9.87. The summed E-state index contributed by atoms with van der Waals surface area (Å²) in [6.07, 6.45) is 0. The van der Waals surface area contributed by atoms with Crippen LogP contribution in [0.5, 0.6) is 0 Å². The number of nitrogens with two attached hydrogens (primary N) is 1. The molecule has 0 amide bonds. The van der Waals surface area contributed by atoms with Crippen LogP contribution in [0, 0.1) is 11.6 Å². The van der Waals surface area contributed by atoms with Gasteiger partial charge in [0.2, 0.25) is 0 Å². The summed E-state index contributed by atoms with van der Waals surface area (Å²) in [7, 11) is 0. The van der Waals surface area contributed by atoms with Crippen molar-refractivity contribution in [1.29, 1.82) is 0 Å². The van der Waals surface area contributed by atoms with E-state index in [4.69, 9.17) is 5.73 Å². The third-order valence-electron chi connectivity index (χ3n) is 3.25. The van der Waals surface area contributed by atoms with E-state index < -0.39 is 17.2 Å². The minimum absolute atomic E-state index is 0.295. The summed E-state index contributed by atoms with van der Waals surface area (Å²) in [5, 5.41) is 0. The maximum atomic E-state index is 13.8. The Hall–Kier alpha value is -1.65. The third kappa shape index (κ3) is 1.75. The van der Waals surface area contributed by atoms with Gasteiger partial charge in [0.1, 0.15) is 11.6 Å². The first-order valence-corrected chi connectivity index (χ1v) is 5.52. The second-order valence-electron chi connectivity index (χ2n) is 4.32. The van der Waals surface area contributed by atoms with Crippen molar-refractivity contribution in [3.63, 3.8) is 0 Å². The zero-order chi connectivity index (χ0) is 12.6. The van der Waals surface area contributed by atoms with Crippen molar-refractivity contribution in [3.05, 3.63) is 35.4 Å². The summed E-state index contributed by atoms with van der Waals surface area (Å²) in [6, 6.07) is 3.46. The smallest absolute Gasteiger partial charge is 0.192 e. The van der Waals surface area contributed by atoms with Gasteiger partial charge in [0.15, 0.2) is 5.96 Å². The fourth-order valence-corrected chi connectivity index (χ4v) is 2.31. The highest BCUT2D eigenvalue weighted by atomic mass is 19.1. The molecule has 1 aliphatic rings. The van der Waals surface area contributed by atoms with Crippen molar-refractivity contribution < 1.29 is 8.78 Å². The van der Waals surface area contributed by atoms with Gasteiger partial charge in [-0.05, 0) is 32.0 Å². The van der Waals surface area contributed by atoms with Gasteiger partial charge in [-0.3, -0.25) is 4.99 Å². The molecule has 0 bridgehead atoms. The van der Waals surface area contributed by atoms with Crippen LogP contribution in [0.2, 0.25) is 0 Å². The van der Waals surface area contributed by atoms with Gasteiger partial charge in [0.05, 0.1) is 12.1 Å². The van der Waals surface area contributed by atoms with Crippen LogP contribution in [0.1, 0.15) is 19.4 Å². The molecule has 0 radical (unpaired) electrons. The van der Waals surface area contributed by atoms with Crippen molar-refractivity contribution in [2.75, 3.05) is 13.1 Å². The maximum Gasteiger partial charge on any atom is 0.192 e. The zero-order valence-corrected chi connectivity index (χ0v) is 9.87. The number of hydrogen-bond donors (Lipinski definition) is 1. The fraction of sp³-hybridized carbons (Fsp3) is 0.417. The Kier molecular flexibility index (Phi) is 2.77. The lowest BCUT2D eigenvalue weighted by atomic mass is 9.90. The van der Waals surface area contributed by atoms with Gasteiger partial charge < -0.3 is 10.6 Å². The number of likely N-dealkylation sites (N-methyl/N-ethyl adjacent to an activating group) is 1. The highest BCUT2D eigenvalue weighted by Crippen LogP contribution is 2.34. The Bertz CT molecular complexity index is 473. The minimum Gasteiger partial charge on any atom is -0.370 e. The van der Waals surface area contributed by atoms with Crippen molar-refractivity contribution in [3.8, 4) is 0 Å². The molecule has 0 aromatic heterocycles. The van der Waals surface area contributed by atoms with Gasteiger partial charge >= 0.3 is 0 Å². The molecular weight excluding hydrogens is 224 g/mol. The van der Waals surface area contributed by atoms with Gasteiger partial charge in [-0.15, -0.1) is 0 Å². The van der Waals surface area contributed by atoms with Crippen LogP contribution in [0.25, 0.3) is 0 Å². The van der Waals surface area contributed by atoms with Gasteiger partial charge in [0.25, 0.3) is 0 Å². The molecule has 1 atom stereocenters. The second kappa shape index (κ2) is 3.98. The monoisotopic (exact) mass is 239 g/mol. The van der Waals surface area contributed by atoms with Crippen LogP contribution in [-0.2, 0) is 5.54 Å². The summed E-state index contributed by atoms with van der Waals surface area (Å²) < 4.78 is 27.1. The molecule has 0 saturated heterocycles. The minimum atomic E-state index is -0.703. The molecule has 2 rings (SSSR count). The molecule has 92 valence electrons. The predicted octanol–water partition coefficient (Wildman–Crippen LogP) is 1.83. The Morgan fingerprint density at radius 1 is 1.47 bits per heavy atom. The van der Waals surface area contributed by atoms with Crippen molar-refractivity contribution in [2.24, 2.45) is 10.7 Å². The van der Waals surface area contributed by atoms with Crippen molar-refractivity contribution in [1.82, 2.24) is 4.90 Å². The Morgan fingerprint density at radius 3 is 2.82 bits per heavy atom. The highest BCUT2D eigenvalue weighted by molar-refractivity contribution is 5.81. The molecule has 1 aromatic carbocycles. The predicted molar refractivity (Wildman–Crippen MR) is 62.6 cm³/mol. The Labute approximate surface area is 98.9 Å². The molecular formula is C12H15F2N3. The Morgan fingerprint density at radius 2 is 2.18 bits per heavy atom. The van der Waals surface area contributed by atoms with Gasteiger partial charge in [-0.2, -0.15) is 0 Å². The standard InChI is InChI=1S/C12H15F2N3/c1-3-17-11(15)16-7-12(17,2)9-6-8(13)4-5-10(9)14/h4-6H,3,7H2,1-2H3,(H2,15,16). The molecule has 17 heavy (non-hydrogen) atoms. The molecule has 0 spiro atoms. The van der Waals surface area contributed by atoms with E-state index in [9.17, 15) is 8.78 Å². The molecule has 2 N–H and O–H groups in total. The van der Waals surface area contributed by atoms with Crippen LogP contribution in [0.4, 0.5) is 8.78 Å². The maximum absolute atomic E-state index is 13.8. The number of aliphatic imine (C=N–C) groups is 1. The molecule has 0 fully saturated rings. The molecule has 1 unspecified atom stereocenters. The van der Waals surface area contributed by atoms with E-state index in [2.05, 4.69) is 4.99 Å². The van der Waals surface area contributed by atoms with Crippen LogP contribution in [-0.4, -0.2) is 23.9 Å². The summed E-state index contributed by atoms with van der Waals surface area (Å²) in [5.74, 6) is -0.514. The second-order valence-corrected chi connectivity index (χ2v) is 4.32. The number of guanidine groups is 1. The van der Waals surface area contributed by atoms with E-state index in [1.165, 1.54) is 6.07 Å². The quantitative estimate of drug-likeness (QED) is 0.855. The van der Waals surface area contributed by atoms with Crippen molar-refractivity contribution >= 4 is 5.96 Å². The average Bonchev–Trinajstić information content (AvgIpc) is 2.59. The fourth-order valence-electron chi connectivity index (χ4n) is 2.31. The van der Waals surface area contributed by atoms with Crippen LogP contribution in [0.15, 0.2) is 23.2 Å². The van der Waals surface area contributed by atoms with E-state index in [0.29, 0.717) is 24.6 Å². The van der Waals surface area contributed by atoms with Crippen molar-refractivity contribution in [2.45, 2.75) is 19.4 Å². The number of halogens is 2.